The van der Waals surface area contributed by atoms with Crippen LogP contribution in [-0.4, -0.2) is 46.7 Å². The first-order chi connectivity index (χ1) is 9.33. The summed E-state index contributed by atoms with van der Waals surface area (Å²) in [5, 5.41) is 10.4. The molecule has 3 saturated heterocycles. The standard InChI is InChI=1S/C15H22O5/c1-7-8-4-12-15(3,20-12)10(16)5-11-14(2,19-11)6-9(8)18-13(7)17/h7-12,16H,4-6H2,1-3H3/t7-,8+,9-,10-,11+,12-,14?,15+/m0/s1. The van der Waals surface area contributed by atoms with Crippen LogP contribution in [-0.2, 0) is 19.0 Å². The summed E-state index contributed by atoms with van der Waals surface area (Å²) in [6, 6.07) is 0. The molecule has 4 fully saturated rings. The summed E-state index contributed by atoms with van der Waals surface area (Å²) in [7, 11) is 0. The van der Waals surface area contributed by atoms with Crippen LogP contribution in [0.2, 0.25) is 0 Å². The third kappa shape index (κ3) is 1.69. The maximum absolute atomic E-state index is 11.9. The Bertz CT molecular complexity index is 465. The third-order valence-electron chi connectivity index (χ3n) is 5.96. The SMILES string of the molecule is C[C@@H]1C(=O)O[C@H]2CC3(C)O[C@@H]3C[C@H](O)[C@@]3(C)O[C@H]3C[C@@H]21. The van der Waals surface area contributed by atoms with Gasteiger partial charge in [0.15, 0.2) is 0 Å². The van der Waals surface area contributed by atoms with Crippen LogP contribution in [0.4, 0.5) is 0 Å². The number of aliphatic hydroxyl groups excluding tert-OH is 1. The summed E-state index contributed by atoms with van der Waals surface area (Å²) in [4.78, 5) is 11.9. The van der Waals surface area contributed by atoms with E-state index in [0.29, 0.717) is 6.42 Å². The first-order valence-electron chi connectivity index (χ1n) is 7.58. The second kappa shape index (κ2) is 3.76. The minimum Gasteiger partial charge on any atom is -0.462 e. The van der Waals surface area contributed by atoms with Gasteiger partial charge in [-0.1, -0.05) is 6.92 Å². The Balaban J connectivity index is 1.62. The number of aliphatic hydroxyl groups is 1. The van der Waals surface area contributed by atoms with Gasteiger partial charge in [0.2, 0.25) is 0 Å². The molecule has 4 aliphatic rings. The van der Waals surface area contributed by atoms with Gasteiger partial charge in [-0.25, -0.2) is 0 Å². The van der Waals surface area contributed by atoms with Gasteiger partial charge in [0.25, 0.3) is 0 Å². The van der Waals surface area contributed by atoms with Gasteiger partial charge >= 0.3 is 5.97 Å². The van der Waals surface area contributed by atoms with Gasteiger partial charge < -0.3 is 19.3 Å². The first kappa shape index (κ1) is 13.0. The topological polar surface area (TPSA) is 71.6 Å². The van der Waals surface area contributed by atoms with Crippen LogP contribution in [0, 0.1) is 11.8 Å². The van der Waals surface area contributed by atoms with Crippen LogP contribution in [0.1, 0.15) is 40.0 Å². The van der Waals surface area contributed by atoms with Crippen molar-refractivity contribution in [2.75, 3.05) is 0 Å². The zero-order valence-corrected chi connectivity index (χ0v) is 12.2. The first-order valence-corrected chi connectivity index (χ1v) is 7.58. The maximum atomic E-state index is 11.9. The highest BCUT2D eigenvalue weighted by Gasteiger charge is 2.65. The fourth-order valence-corrected chi connectivity index (χ4v) is 4.09. The van der Waals surface area contributed by atoms with E-state index in [2.05, 4.69) is 0 Å². The average molecular weight is 282 g/mol. The van der Waals surface area contributed by atoms with E-state index in [1.807, 2.05) is 20.8 Å². The predicted molar refractivity (Wildman–Crippen MR) is 68.9 cm³/mol. The molecule has 1 saturated carbocycles. The average Bonchev–Trinajstić information content (AvgIpc) is 3.18. The van der Waals surface area contributed by atoms with Gasteiger partial charge in [0.05, 0.1) is 29.8 Å². The quantitative estimate of drug-likeness (QED) is 0.530. The molecule has 0 bridgehead atoms. The van der Waals surface area contributed by atoms with Crippen molar-refractivity contribution in [3.05, 3.63) is 0 Å². The van der Waals surface area contributed by atoms with Crippen LogP contribution >= 0.6 is 0 Å². The number of esters is 1. The van der Waals surface area contributed by atoms with Crippen molar-refractivity contribution in [3.8, 4) is 0 Å². The van der Waals surface area contributed by atoms with Crippen molar-refractivity contribution < 1.29 is 24.1 Å². The number of carbonyl (C=O) groups excluding carboxylic acids is 1. The van der Waals surface area contributed by atoms with Crippen LogP contribution in [0.3, 0.4) is 0 Å². The lowest BCUT2D eigenvalue weighted by Gasteiger charge is -2.23. The van der Waals surface area contributed by atoms with E-state index in [-0.39, 0.29) is 41.7 Å². The summed E-state index contributed by atoms with van der Waals surface area (Å²) >= 11 is 0. The van der Waals surface area contributed by atoms with Gasteiger partial charge in [0, 0.05) is 18.8 Å². The summed E-state index contributed by atoms with van der Waals surface area (Å²) in [6.07, 6.45) is 1.63. The molecule has 3 aliphatic heterocycles. The number of hydrogen-bond acceptors (Lipinski definition) is 5. The normalized spacial score (nSPS) is 60.9. The second-order valence-electron chi connectivity index (χ2n) is 7.33. The van der Waals surface area contributed by atoms with Gasteiger partial charge in [-0.05, 0) is 20.3 Å². The Hall–Kier alpha value is -0.650. The van der Waals surface area contributed by atoms with E-state index in [0.717, 1.165) is 12.8 Å². The predicted octanol–water partition coefficient (Wildman–Crippen LogP) is 1.02. The molecule has 0 aromatic heterocycles. The monoisotopic (exact) mass is 282 g/mol. The van der Waals surface area contributed by atoms with Crippen LogP contribution in [0.25, 0.3) is 0 Å². The number of hydrogen-bond donors (Lipinski definition) is 1. The van der Waals surface area contributed by atoms with Crippen molar-refractivity contribution in [1.29, 1.82) is 0 Å². The fraction of sp³-hybridized carbons (Fsp3) is 0.933. The highest BCUT2D eigenvalue weighted by atomic mass is 16.6. The zero-order valence-electron chi connectivity index (χ0n) is 12.2. The highest BCUT2D eigenvalue weighted by Crippen LogP contribution is 2.54. The lowest BCUT2D eigenvalue weighted by molar-refractivity contribution is -0.144. The Kier molecular flexibility index (Phi) is 2.45. The van der Waals surface area contributed by atoms with E-state index in [9.17, 15) is 9.90 Å². The molecule has 0 radical (unpaired) electrons. The third-order valence-corrected chi connectivity index (χ3v) is 5.96. The smallest absolute Gasteiger partial charge is 0.309 e. The molecule has 3 heterocycles. The largest absolute Gasteiger partial charge is 0.462 e. The lowest BCUT2D eigenvalue weighted by Crippen LogP contribution is -2.36. The number of rotatable bonds is 0. The molecule has 0 aromatic rings. The van der Waals surface area contributed by atoms with Gasteiger partial charge in [-0.15, -0.1) is 0 Å². The van der Waals surface area contributed by atoms with E-state index >= 15 is 0 Å². The van der Waals surface area contributed by atoms with Crippen molar-refractivity contribution in [2.45, 2.75) is 75.7 Å². The fourth-order valence-electron chi connectivity index (χ4n) is 4.09. The molecule has 4 rings (SSSR count). The molecule has 1 N–H and O–H groups in total. The van der Waals surface area contributed by atoms with Gasteiger partial charge in [-0.3, -0.25) is 4.79 Å². The van der Waals surface area contributed by atoms with Crippen LogP contribution in [0.5, 0.6) is 0 Å². The van der Waals surface area contributed by atoms with E-state index < -0.39 is 11.7 Å². The molecule has 0 amide bonds. The van der Waals surface area contributed by atoms with E-state index in [4.69, 9.17) is 14.2 Å². The molecule has 1 unspecified atom stereocenters. The highest BCUT2D eigenvalue weighted by molar-refractivity contribution is 5.74. The molecule has 1 aliphatic carbocycles. The second-order valence-corrected chi connectivity index (χ2v) is 7.33. The molecule has 0 spiro atoms. The molecule has 5 nitrogen and oxygen atoms in total. The summed E-state index contributed by atoms with van der Waals surface area (Å²) in [5.41, 5.74) is -0.730. The number of carbonyl (C=O) groups is 1. The zero-order chi connectivity index (χ0) is 14.3. The molecule has 20 heavy (non-hydrogen) atoms. The number of ether oxygens (including phenoxy) is 3. The van der Waals surface area contributed by atoms with Crippen molar-refractivity contribution >= 4 is 5.97 Å². The van der Waals surface area contributed by atoms with E-state index in [1.54, 1.807) is 0 Å². The van der Waals surface area contributed by atoms with Crippen molar-refractivity contribution in [3.63, 3.8) is 0 Å². The van der Waals surface area contributed by atoms with Crippen molar-refractivity contribution in [1.82, 2.24) is 0 Å². The maximum Gasteiger partial charge on any atom is 0.309 e. The van der Waals surface area contributed by atoms with Gasteiger partial charge in [-0.2, -0.15) is 0 Å². The number of epoxide rings is 2. The van der Waals surface area contributed by atoms with Crippen LogP contribution < -0.4 is 0 Å². The molecule has 8 atom stereocenters. The lowest BCUT2D eigenvalue weighted by atomic mass is 9.79. The Labute approximate surface area is 118 Å². The summed E-state index contributed by atoms with van der Waals surface area (Å²) < 4.78 is 17.1. The minimum absolute atomic E-state index is 0.0325. The summed E-state index contributed by atoms with van der Waals surface area (Å²) in [5.74, 6) is -0.0323. The molecular formula is C15H22O5. The van der Waals surface area contributed by atoms with E-state index in [1.165, 1.54) is 0 Å². The number of fused-ring (bicyclic) bond motifs is 3. The minimum atomic E-state index is -0.496. The molecule has 5 heteroatoms. The van der Waals surface area contributed by atoms with Gasteiger partial charge in [0.1, 0.15) is 11.7 Å². The molecular weight excluding hydrogens is 260 g/mol. The summed E-state index contributed by atoms with van der Waals surface area (Å²) in [6.45, 7) is 5.94. The Morgan fingerprint density at radius 2 is 1.95 bits per heavy atom. The Morgan fingerprint density at radius 3 is 2.70 bits per heavy atom. The molecule has 112 valence electrons. The van der Waals surface area contributed by atoms with Crippen molar-refractivity contribution in [2.24, 2.45) is 11.8 Å². The Morgan fingerprint density at radius 1 is 1.20 bits per heavy atom. The molecule has 0 aromatic carbocycles. The van der Waals surface area contributed by atoms with Crippen LogP contribution in [0.15, 0.2) is 0 Å².